The highest BCUT2D eigenvalue weighted by atomic mass is 31.2. The highest BCUT2D eigenvalue weighted by Crippen LogP contribution is 2.43. The molecule has 2 unspecified atom stereocenters. The maximum atomic E-state index is 11.5. The number of aliphatic hydroxyl groups is 2. The van der Waals surface area contributed by atoms with Crippen LogP contribution in [0.3, 0.4) is 0 Å². The Hall–Kier alpha value is -3.16. The van der Waals surface area contributed by atoms with Crippen molar-refractivity contribution in [2.45, 2.75) is 49.7 Å². The van der Waals surface area contributed by atoms with Crippen LogP contribution in [0.5, 0.6) is 0 Å². The highest BCUT2D eigenvalue weighted by molar-refractivity contribution is 7.50. The van der Waals surface area contributed by atoms with Gasteiger partial charge in [0.1, 0.15) is 63.5 Å². The summed E-state index contributed by atoms with van der Waals surface area (Å²) in [7, 11) is -8.09. The molecule has 20 nitrogen and oxygen atoms in total. The number of imidazole rings is 2. The Morgan fingerprint density at radius 1 is 0.886 bits per heavy atom. The van der Waals surface area contributed by atoms with Crippen LogP contribution in [-0.2, 0) is 27.7 Å². The summed E-state index contributed by atoms with van der Waals surface area (Å²) in [5, 5.41) is 18.8. The van der Waals surface area contributed by atoms with Gasteiger partial charge in [0.05, 0.1) is 38.1 Å². The second-order valence-corrected chi connectivity index (χ2v) is 13.7. The Balaban J connectivity index is 0.000000186. The maximum absolute atomic E-state index is 11.5. The first-order valence-electron chi connectivity index (χ1n) is 13.1. The Bertz CT molecular complexity index is 1710. The van der Waals surface area contributed by atoms with Crippen molar-refractivity contribution in [2.24, 2.45) is 0 Å². The molecule has 0 saturated carbocycles. The smallest absolute Gasteiger partial charge is 0.167 e. The van der Waals surface area contributed by atoms with Gasteiger partial charge in [-0.1, -0.05) is 0 Å². The fraction of sp³-hybridized carbons (Fsp3) is 0.545. The summed E-state index contributed by atoms with van der Waals surface area (Å²) >= 11 is 0. The number of nitrogens with two attached hydrogens (primary N) is 2. The van der Waals surface area contributed by atoms with Crippen LogP contribution in [0.4, 0.5) is 11.6 Å². The van der Waals surface area contributed by atoms with Crippen LogP contribution >= 0.6 is 15.2 Å². The van der Waals surface area contributed by atoms with Crippen molar-refractivity contribution in [3.63, 3.8) is 0 Å². The van der Waals surface area contributed by atoms with Gasteiger partial charge in [-0.25, -0.2) is 29.9 Å². The molecule has 0 aliphatic carbocycles. The highest BCUT2D eigenvalue weighted by Gasteiger charge is 2.40. The summed E-state index contributed by atoms with van der Waals surface area (Å²) < 4.78 is 47.1. The number of fused-ring (bicyclic) bond motifs is 2. The Labute approximate surface area is 249 Å². The number of nitrogen functional groups attached to an aromatic ring is 2. The van der Waals surface area contributed by atoms with Crippen LogP contribution in [0, 0.1) is 0 Å². The fourth-order valence-corrected chi connectivity index (χ4v) is 5.93. The third-order valence-corrected chi connectivity index (χ3v) is 8.03. The minimum Gasteiger partial charge on any atom is -0.779 e. The molecule has 2 aliphatic rings. The second kappa shape index (κ2) is 12.7. The third-order valence-electron chi connectivity index (χ3n) is 6.76. The largest absolute Gasteiger partial charge is 0.779 e. The maximum Gasteiger partial charge on any atom is 0.167 e. The summed E-state index contributed by atoms with van der Waals surface area (Å²) in [6, 6.07) is 0. The number of anilines is 2. The monoisotopic (exact) mass is 656 g/mol. The van der Waals surface area contributed by atoms with E-state index in [1.165, 1.54) is 19.0 Å². The minimum absolute atomic E-state index is 0.121. The lowest BCUT2D eigenvalue weighted by atomic mass is 10.2. The predicted octanol–water partition coefficient (Wildman–Crippen LogP) is -1.49. The zero-order chi connectivity index (χ0) is 31.8. The molecule has 4 aromatic heterocycles. The minimum atomic E-state index is -4.08. The molecule has 0 radical (unpaired) electrons. The molecule has 0 bridgehead atoms. The molecule has 4 aromatic rings. The molecule has 0 spiro atoms. The van der Waals surface area contributed by atoms with E-state index in [-0.39, 0.29) is 25.5 Å². The molecule has 240 valence electrons. The number of rotatable bonds is 8. The molecule has 8 atom stereocenters. The van der Waals surface area contributed by atoms with Crippen molar-refractivity contribution >= 4 is 49.2 Å². The number of nitrogens with zero attached hydrogens (tertiary/aromatic N) is 8. The van der Waals surface area contributed by atoms with Gasteiger partial charge in [0, 0.05) is 26.2 Å². The molecule has 2 aliphatic heterocycles. The first-order chi connectivity index (χ1) is 20.7. The van der Waals surface area contributed by atoms with Crippen molar-refractivity contribution < 1.29 is 47.7 Å². The van der Waals surface area contributed by atoms with Gasteiger partial charge in [0.15, 0.2) is 22.9 Å². The summed E-state index contributed by atoms with van der Waals surface area (Å²) in [6.07, 6.45) is 1.89. The van der Waals surface area contributed by atoms with Gasteiger partial charge in [-0.15, -0.1) is 0 Å². The van der Waals surface area contributed by atoms with E-state index in [4.69, 9.17) is 35.1 Å². The first kappa shape index (κ1) is 32.2. The SMILES string of the molecule is CP(=O)([O-])OC[C@H]1O[C@@H](n2cnc3c(N)ncnc32)C[C@@H]1OP(C)(=O)[O-].Nc1ncnc2c1ncn2[C@H]1C[C@H](O)[C@@H](CO)O1. The standard InChI is InChI=1S/C12H19N5O7P2.C10H13N5O3/c1-25(18,19)22-4-8-7(24-26(2,20)21)3-9(23-8)17-6-16-10-11(13)14-5-15-12(10)17;11-9-8-10(13-3-12-9)15(4-14-8)7-1-5(17)6(2-16)18-7/h5-9H,3-4H2,1-2H3,(H,18,19)(H,20,21)(H2,13,14,15);3-7,16-17H,1-2H2,(H2,11,12,13)/p-2/t7-,8+,9+;5-,6+,7+/m00/s1. The molecular weight excluding hydrogens is 626 g/mol. The van der Waals surface area contributed by atoms with Crippen LogP contribution in [0.2, 0.25) is 0 Å². The lowest BCUT2D eigenvalue weighted by molar-refractivity contribution is -0.205. The molecule has 44 heavy (non-hydrogen) atoms. The van der Waals surface area contributed by atoms with E-state index in [1.807, 2.05) is 0 Å². The van der Waals surface area contributed by atoms with E-state index in [0.29, 0.717) is 34.6 Å². The van der Waals surface area contributed by atoms with Crippen LogP contribution in [-0.4, -0.2) is 100 Å². The van der Waals surface area contributed by atoms with Crippen LogP contribution in [0.1, 0.15) is 25.3 Å². The van der Waals surface area contributed by atoms with Gasteiger partial charge in [0.2, 0.25) is 0 Å². The van der Waals surface area contributed by atoms with Crippen LogP contribution in [0.25, 0.3) is 22.3 Å². The van der Waals surface area contributed by atoms with Crippen molar-refractivity contribution in [3.05, 3.63) is 25.3 Å². The predicted molar refractivity (Wildman–Crippen MR) is 148 cm³/mol. The van der Waals surface area contributed by atoms with E-state index in [2.05, 4.69) is 29.9 Å². The second-order valence-electron chi connectivity index (χ2n) is 10.1. The molecule has 0 amide bonds. The average Bonchev–Trinajstić information content (AvgIpc) is 3.72. The lowest BCUT2D eigenvalue weighted by Crippen LogP contribution is -2.30. The third kappa shape index (κ3) is 7.21. The van der Waals surface area contributed by atoms with E-state index < -0.39 is 52.1 Å². The van der Waals surface area contributed by atoms with Crippen molar-refractivity contribution in [1.82, 2.24) is 39.0 Å². The van der Waals surface area contributed by atoms with Gasteiger partial charge >= 0.3 is 0 Å². The normalized spacial score (nSPS) is 28.0. The average molecular weight is 656 g/mol. The molecule has 6 heterocycles. The van der Waals surface area contributed by atoms with Gasteiger partial charge in [0.25, 0.3) is 0 Å². The Kier molecular flexibility index (Phi) is 9.29. The van der Waals surface area contributed by atoms with E-state index in [1.54, 1.807) is 15.5 Å². The van der Waals surface area contributed by atoms with Gasteiger partial charge < -0.3 is 59.1 Å². The number of aromatic nitrogens is 8. The summed E-state index contributed by atoms with van der Waals surface area (Å²) in [6.45, 7) is 1.25. The fourth-order valence-electron chi connectivity index (χ4n) is 4.80. The molecular formula is C22H30N10O10P2-2. The van der Waals surface area contributed by atoms with Crippen molar-refractivity contribution in [3.8, 4) is 0 Å². The van der Waals surface area contributed by atoms with Gasteiger partial charge in [-0.05, 0) is 0 Å². The van der Waals surface area contributed by atoms with Crippen molar-refractivity contribution in [1.29, 1.82) is 0 Å². The molecule has 2 fully saturated rings. The number of hydrogen-bond donors (Lipinski definition) is 4. The number of ether oxygens (including phenoxy) is 2. The van der Waals surface area contributed by atoms with Crippen LogP contribution < -0.4 is 21.3 Å². The van der Waals surface area contributed by atoms with Gasteiger partial charge in [-0.3, -0.25) is 9.13 Å². The topological polar surface area (TPSA) is 297 Å². The van der Waals surface area contributed by atoms with E-state index >= 15 is 0 Å². The van der Waals surface area contributed by atoms with Crippen LogP contribution in [0.15, 0.2) is 25.3 Å². The lowest BCUT2D eigenvalue weighted by Gasteiger charge is -2.27. The first-order valence-corrected chi connectivity index (χ1v) is 17.1. The summed E-state index contributed by atoms with van der Waals surface area (Å²) in [4.78, 5) is 46.9. The molecule has 22 heteroatoms. The zero-order valence-corrected chi connectivity index (χ0v) is 25.2. The molecule has 0 aromatic carbocycles. The summed E-state index contributed by atoms with van der Waals surface area (Å²) in [5.74, 6) is 0.492. The van der Waals surface area contributed by atoms with E-state index in [0.717, 1.165) is 13.3 Å². The molecule has 6 N–H and O–H groups in total. The Morgan fingerprint density at radius 3 is 1.89 bits per heavy atom. The quantitative estimate of drug-likeness (QED) is 0.157. The summed E-state index contributed by atoms with van der Waals surface area (Å²) in [5.41, 5.74) is 13.3. The van der Waals surface area contributed by atoms with E-state index in [9.17, 15) is 24.0 Å². The Morgan fingerprint density at radius 2 is 1.41 bits per heavy atom. The zero-order valence-electron chi connectivity index (χ0n) is 23.4. The molecule has 6 rings (SSSR count). The molecule has 2 saturated heterocycles. The number of aliphatic hydroxyl groups excluding tert-OH is 2. The van der Waals surface area contributed by atoms with Crippen molar-refractivity contribution in [2.75, 3.05) is 38.0 Å². The number of hydrogen-bond acceptors (Lipinski definition) is 18. The van der Waals surface area contributed by atoms with Gasteiger partial charge in [-0.2, -0.15) is 0 Å².